The van der Waals surface area contributed by atoms with Crippen molar-refractivity contribution in [1.29, 1.82) is 0 Å². The van der Waals surface area contributed by atoms with E-state index in [1.807, 2.05) is 12.2 Å². The van der Waals surface area contributed by atoms with Crippen molar-refractivity contribution >= 4 is 23.1 Å². The van der Waals surface area contributed by atoms with Gasteiger partial charge in [-0.1, -0.05) is 42.0 Å². The summed E-state index contributed by atoms with van der Waals surface area (Å²) in [6.07, 6.45) is 7.12. The molecule has 2 atom stereocenters. The summed E-state index contributed by atoms with van der Waals surface area (Å²) in [6.45, 7) is 1.19. The minimum Gasteiger partial charge on any atom is -0.477 e. The topological polar surface area (TPSA) is 42.4 Å². The van der Waals surface area contributed by atoms with E-state index in [2.05, 4.69) is 4.98 Å². The number of benzene rings is 2. The first kappa shape index (κ1) is 26.0. The first-order valence-corrected chi connectivity index (χ1v) is 12.9. The van der Waals surface area contributed by atoms with Gasteiger partial charge in [0.1, 0.15) is 5.82 Å². The number of carbonyl (C=O) groups is 1. The number of halogens is 4. The van der Waals surface area contributed by atoms with Crippen molar-refractivity contribution in [3.63, 3.8) is 0 Å². The molecule has 4 nitrogen and oxygen atoms in total. The van der Waals surface area contributed by atoms with E-state index in [4.69, 9.17) is 16.3 Å². The normalized spacial score (nSPS) is 19.5. The second kappa shape index (κ2) is 11.4. The van der Waals surface area contributed by atoms with Crippen molar-refractivity contribution in [3.05, 3.63) is 112 Å². The molecule has 0 radical (unpaired) electrons. The Morgan fingerprint density at radius 2 is 1.82 bits per heavy atom. The van der Waals surface area contributed by atoms with E-state index in [1.165, 1.54) is 24.4 Å². The molecule has 0 bridgehead atoms. The van der Waals surface area contributed by atoms with E-state index >= 15 is 0 Å². The fraction of sp³-hybridized carbons (Fsp3) is 0.267. The second-order valence-corrected chi connectivity index (χ2v) is 10.0. The number of pyridine rings is 1. The molecule has 1 aliphatic carbocycles. The molecule has 38 heavy (non-hydrogen) atoms. The molecule has 8 heteroatoms. The molecule has 1 amide bonds. The summed E-state index contributed by atoms with van der Waals surface area (Å²) in [4.78, 5) is 19.4. The van der Waals surface area contributed by atoms with Crippen LogP contribution >= 0.6 is 11.6 Å². The molecule has 1 saturated heterocycles. The number of hydrogen-bond donors (Lipinski definition) is 0. The minimum atomic E-state index is -0.918. The maximum atomic E-state index is 14.1. The van der Waals surface area contributed by atoms with Crippen LogP contribution in [0.3, 0.4) is 0 Å². The van der Waals surface area contributed by atoms with Crippen LogP contribution < -0.4 is 4.74 Å². The second-order valence-electron chi connectivity index (χ2n) is 9.60. The van der Waals surface area contributed by atoms with E-state index in [9.17, 15) is 18.0 Å². The van der Waals surface area contributed by atoms with Gasteiger partial charge in [-0.15, -0.1) is 0 Å². The first-order chi connectivity index (χ1) is 18.4. The van der Waals surface area contributed by atoms with E-state index in [0.717, 1.165) is 17.2 Å². The molecule has 2 aromatic carbocycles. The number of amides is 1. The monoisotopic (exact) mass is 538 g/mol. The van der Waals surface area contributed by atoms with Crippen LogP contribution in [0.15, 0.2) is 78.5 Å². The van der Waals surface area contributed by atoms with Gasteiger partial charge in [-0.05, 0) is 66.3 Å². The lowest BCUT2D eigenvalue weighted by Crippen LogP contribution is -2.45. The van der Waals surface area contributed by atoms with Crippen LogP contribution in [-0.2, 0) is 4.79 Å². The number of allylic oxidation sites excluding steroid dienone is 3. The molecular weight excluding hydrogens is 513 g/mol. The van der Waals surface area contributed by atoms with Crippen LogP contribution in [0.1, 0.15) is 36.3 Å². The highest BCUT2D eigenvalue weighted by Gasteiger charge is 2.34. The van der Waals surface area contributed by atoms with Crippen molar-refractivity contribution in [3.8, 4) is 5.88 Å². The summed E-state index contributed by atoms with van der Waals surface area (Å²) < 4.78 is 47.0. The number of carbonyl (C=O) groups excluding carboxylic acids is 1. The summed E-state index contributed by atoms with van der Waals surface area (Å²) in [6, 6.07) is 13.6. The first-order valence-electron chi connectivity index (χ1n) is 12.5. The highest BCUT2D eigenvalue weighted by Crippen LogP contribution is 2.35. The molecule has 5 rings (SSSR count). The van der Waals surface area contributed by atoms with Crippen molar-refractivity contribution in [2.45, 2.75) is 25.2 Å². The molecule has 1 aliphatic heterocycles. The summed E-state index contributed by atoms with van der Waals surface area (Å²) in [5, 5.41) is 0.500. The van der Waals surface area contributed by atoms with Gasteiger partial charge in [0.2, 0.25) is 11.8 Å². The van der Waals surface area contributed by atoms with Crippen molar-refractivity contribution in [1.82, 2.24) is 9.88 Å². The highest BCUT2D eigenvalue weighted by molar-refractivity contribution is 6.30. The van der Waals surface area contributed by atoms with Gasteiger partial charge in [0.15, 0.2) is 11.6 Å². The summed E-state index contributed by atoms with van der Waals surface area (Å²) in [7, 11) is 0. The Morgan fingerprint density at radius 1 is 1.00 bits per heavy atom. The third kappa shape index (κ3) is 5.94. The highest BCUT2D eigenvalue weighted by atomic mass is 35.5. The number of likely N-dealkylation sites (tertiary alicyclic amines) is 1. The lowest BCUT2D eigenvalue weighted by atomic mass is 9.80. The maximum Gasteiger partial charge on any atom is 0.249 e. The van der Waals surface area contributed by atoms with E-state index in [1.54, 1.807) is 35.2 Å². The molecule has 1 aromatic heterocycles. The molecule has 2 aliphatic rings. The molecule has 1 fully saturated rings. The molecule has 0 N–H and O–H groups in total. The molecule has 3 aromatic rings. The Morgan fingerprint density at radius 3 is 2.50 bits per heavy atom. The smallest absolute Gasteiger partial charge is 0.249 e. The maximum absolute atomic E-state index is 14.1. The fourth-order valence-electron chi connectivity index (χ4n) is 5.07. The van der Waals surface area contributed by atoms with Gasteiger partial charge < -0.3 is 9.64 Å². The molecular formula is C30H26ClF3N2O2. The van der Waals surface area contributed by atoms with Crippen LogP contribution in [0.5, 0.6) is 5.88 Å². The Balaban J connectivity index is 1.32. The van der Waals surface area contributed by atoms with Crippen LogP contribution in [0.2, 0.25) is 5.02 Å². The Hall–Kier alpha value is -3.58. The number of nitrogens with zero attached hydrogens (tertiary/aromatic N) is 2. The standard InChI is InChI=1S/C30H26ClF3N2O2/c31-24-8-12-29(35-16-24)38-18-23-13-14-36(17-26(23)22-7-11-27(33)28(34)15-22)30(37)21-3-1-19(2-4-21)20-5-9-25(32)10-6-20/h1,3,5-12,15-16,23,26H,2,4,13-14,17-18H2/t23-,26-/m1/s1. The van der Waals surface area contributed by atoms with Gasteiger partial charge in [0.05, 0.1) is 11.6 Å². The third-order valence-corrected chi connectivity index (χ3v) is 7.42. The van der Waals surface area contributed by atoms with Gasteiger partial charge in [-0.25, -0.2) is 18.2 Å². The zero-order valence-corrected chi connectivity index (χ0v) is 21.3. The average molecular weight is 539 g/mol. The molecule has 2 heterocycles. The summed E-state index contributed by atoms with van der Waals surface area (Å²) in [5.74, 6) is -2.04. The van der Waals surface area contributed by atoms with E-state index in [-0.39, 0.29) is 23.6 Å². The minimum absolute atomic E-state index is 0.0355. The van der Waals surface area contributed by atoms with Crippen LogP contribution in [0.25, 0.3) is 5.57 Å². The number of hydrogen-bond acceptors (Lipinski definition) is 3. The van der Waals surface area contributed by atoms with Crippen molar-refractivity contribution < 1.29 is 22.7 Å². The Bertz CT molecular complexity index is 1370. The van der Waals surface area contributed by atoms with Crippen LogP contribution in [0, 0.1) is 23.4 Å². The average Bonchev–Trinajstić information content (AvgIpc) is 2.94. The van der Waals surface area contributed by atoms with Crippen LogP contribution in [-0.4, -0.2) is 35.5 Å². The van der Waals surface area contributed by atoms with Gasteiger partial charge in [0, 0.05) is 42.8 Å². The van der Waals surface area contributed by atoms with Gasteiger partial charge in [0.25, 0.3) is 0 Å². The lowest BCUT2D eigenvalue weighted by Gasteiger charge is -2.39. The molecule has 196 valence electrons. The summed E-state index contributed by atoms with van der Waals surface area (Å²) in [5.41, 5.74) is 3.30. The SMILES string of the molecule is O=C(C1=CC=C(c2ccc(F)cc2)CC1)N1CC[C@H](COc2ccc(Cl)cn2)[C@@H](c2ccc(F)c(F)c2)C1. The zero-order valence-electron chi connectivity index (χ0n) is 20.5. The van der Waals surface area contributed by atoms with Gasteiger partial charge >= 0.3 is 0 Å². The fourth-order valence-corrected chi connectivity index (χ4v) is 5.18. The number of aromatic nitrogens is 1. The van der Waals surface area contributed by atoms with Gasteiger partial charge in [-0.2, -0.15) is 0 Å². The Labute approximate surface area is 224 Å². The summed E-state index contributed by atoms with van der Waals surface area (Å²) >= 11 is 5.90. The largest absolute Gasteiger partial charge is 0.477 e. The predicted molar refractivity (Wildman–Crippen MR) is 140 cm³/mol. The quantitative estimate of drug-likeness (QED) is 0.340. The van der Waals surface area contributed by atoms with Crippen molar-refractivity contribution in [2.75, 3.05) is 19.7 Å². The molecule has 0 unspecified atom stereocenters. The molecule has 0 spiro atoms. The molecule has 0 saturated carbocycles. The van der Waals surface area contributed by atoms with E-state index < -0.39 is 11.6 Å². The number of rotatable bonds is 6. The Kier molecular flexibility index (Phi) is 7.84. The lowest BCUT2D eigenvalue weighted by molar-refractivity contribution is -0.129. The third-order valence-electron chi connectivity index (χ3n) is 7.20. The number of piperidine rings is 1. The van der Waals surface area contributed by atoms with Gasteiger partial charge in [-0.3, -0.25) is 4.79 Å². The number of ether oxygens (including phenoxy) is 1. The zero-order chi connectivity index (χ0) is 26.6. The predicted octanol–water partition coefficient (Wildman–Crippen LogP) is 6.97. The van der Waals surface area contributed by atoms with E-state index in [0.29, 0.717) is 61.0 Å². The van der Waals surface area contributed by atoms with Crippen molar-refractivity contribution in [2.24, 2.45) is 5.92 Å². The van der Waals surface area contributed by atoms with Crippen LogP contribution in [0.4, 0.5) is 13.2 Å².